The average molecular weight is 484 g/mol. The summed E-state index contributed by atoms with van der Waals surface area (Å²) >= 11 is 7.18. The Bertz CT molecular complexity index is 1020. The Labute approximate surface area is 191 Å². The molecule has 0 saturated carbocycles. The Morgan fingerprint density at radius 3 is 2.69 bits per heavy atom. The van der Waals surface area contributed by atoms with Crippen molar-refractivity contribution in [1.82, 2.24) is 5.32 Å². The quantitative estimate of drug-likeness (QED) is 0.301. The van der Waals surface area contributed by atoms with E-state index in [4.69, 9.17) is 16.3 Å². The second-order valence-electron chi connectivity index (χ2n) is 6.40. The first-order valence-corrected chi connectivity index (χ1v) is 10.9. The van der Waals surface area contributed by atoms with E-state index < -0.39 is 41.2 Å². The number of rotatable bonds is 10. The summed E-state index contributed by atoms with van der Waals surface area (Å²) < 4.78 is 18.7. The second kappa shape index (κ2) is 12.0. The number of hydrogen-bond donors (Lipinski definition) is 2. The van der Waals surface area contributed by atoms with Crippen LogP contribution in [-0.2, 0) is 14.3 Å². The molecule has 0 aliphatic rings. The topological polar surface area (TPSA) is 128 Å². The summed E-state index contributed by atoms with van der Waals surface area (Å²) in [5.74, 6) is -2.60. The molecule has 0 aromatic heterocycles. The third-order valence-electron chi connectivity index (χ3n) is 4.07. The first-order valence-electron chi connectivity index (χ1n) is 9.17. The normalized spacial score (nSPS) is 11.3. The van der Waals surface area contributed by atoms with Gasteiger partial charge in [-0.05, 0) is 42.7 Å². The minimum Gasteiger partial charge on any atom is -0.454 e. The molecule has 0 radical (unpaired) electrons. The van der Waals surface area contributed by atoms with Crippen LogP contribution in [0.1, 0.15) is 16.8 Å². The van der Waals surface area contributed by atoms with Gasteiger partial charge in [0.1, 0.15) is 11.9 Å². The number of nitrogens with one attached hydrogen (secondary N) is 2. The van der Waals surface area contributed by atoms with E-state index in [0.29, 0.717) is 5.75 Å². The fourth-order valence-corrected chi connectivity index (χ4v) is 3.15. The highest BCUT2D eigenvalue weighted by molar-refractivity contribution is 7.98. The zero-order valence-corrected chi connectivity index (χ0v) is 18.4. The highest BCUT2D eigenvalue weighted by atomic mass is 35.5. The third kappa shape index (κ3) is 7.50. The standard InChI is InChI=1S/C20H19ClFN3O6S/c1-32-8-7-16(24-19(27)12-3-2-4-14(9-12)25(29)30)20(28)31-11-18(26)23-17-10-13(21)5-6-15(17)22/h2-6,9-10,16H,7-8,11H2,1H3,(H,23,26)(H,24,27). The Balaban J connectivity index is 2.00. The number of benzene rings is 2. The third-order valence-corrected chi connectivity index (χ3v) is 4.95. The molecule has 0 bridgehead atoms. The molecule has 2 N–H and O–H groups in total. The maximum absolute atomic E-state index is 13.7. The monoisotopic (exact) mass is 483 g/mol. The maximum atomic E-state index is 13.7. The second-order valence-corrected chi connectivity index (χ2v) is 7.82. The van der Waals surface area contributed by atoms with Crippen LogP contribution in [0.5, 0.6) is 0 Å². The molecule has 9 nitrogen and oxygen atoms in total. The first kappa shape index (κ1) is 25.1. The van der Waals surface area contributed by atoms with E-state index in [2.05, 4.69) is 10.6 Å². The maximum Gasteiger partial charge on any atom is 0.329 e. The number of carbonyl (C=O) groups excluding carboxylic acids is 3. The molecule has 170 valence electrons. The number of carbonyl (C=O) groups is 3. The number of halogens is 2. The minimum atomic E-state index is -1.09. The van der Waals surface area contributed by atoms with E-state index in [1.165, 1.54) is 42.1 Å². The number of nitro benzene ring substituents is 1. The van der Waals surface area contributed by atoms with Gasteiger partial charge in [0.25, 0.3) is 17.5 Å². The fourth-order valence-electron chi connectivity index (χ4n) is 2.50. The largest absolute Gasteiger partial charge is 0.454 e. The van der Waals surface area contributed by atoms with Gasteiger partial charge in [0.15, 0.2) is 6.61 Å². The number of ether oxygens (including phenoxy) is 1. The van der Waals surface area contributed by atoms with Gasteiger partial charge in [-0.2, -0.15) is 11.8 Å². The van der Waals surface area contributed by atoms with Crippen LogP contribution in [0.15, 0.2) is 42.5 Å². The van der Waals surface area contributed by atoms with Crippen molar-refractivity contribution < 1.29 is 28.4 Å². The smallest absolute Gasteiger partial charge is 0.329 e. The minimum absolute atomic E-state index is 0.00433. The van der Waals surface area contributed by atoms with Crippen LogP contribution < -0.4 is 10.6 Å². The summed E-state index contributed by atoms with van der Waals surface area (Å²) in [6.07, 6.45) is 2.00. The number of non-ortho nitro benzene ring substituents is 1. The van der Waals surface area contributed by atoms with Crippen molar-refractivity contribution in [3.63, 3.8) is 0 Å². The van der Waals surface area contributed by atoms with Crippen molar-refractivity contribution in [2.45, 2.75) is 12.5 Å². The molecule has 2 aromatic carbocycles. The van der Waals surface area contributed by atoms with Gasteiger partial charge in [0, 0.05) is 22.7 Å². The average Bonchev–Trinajstić information content (AvgIpc) is 2.77. The summed E-state index contributed by atoms with van der Waals surface area (Å²) in [5.41, 5.74) is -0.447. The van der Waals surface area contributed by atoms with Crippen LogP contribution >= 0.6 is 23.4 Å². The summed E-state index contributed by atoms with van der Waals surface area (Å²) in [7, 11) is 0. The summed E-state index contributed by atoms with van der Waals surface area (Å²) in [5, 5.41) is 15.8. The Hall–Kier alpha value is -3.18. The van der Waals surface area contributed by atoms with Crippen molar-refractivity contribution in [2.24, 2.45) is 0 Å². The van der Waals surface area contributed by atoms with E-state index in [9.17, 15) is 28.9 Å². The summed E-state index contributed by atoms with van der Waals surface area (Å²) in [6.45, 7) is -0.715. The van der Waals surface area contributed by atoms with Gasteiger partial charge >= 0.3 is 5.97 Å². The number of nitrogens with zero attached hydrogens (tertiary/aromatic N) is 1. The van der Waals surface area contributed by atoms with E-state index in [1.54, 1.807) is 6.26 Å². The van der Waals surface area contributed by atoms with Gasteiger partial charge < -0.3 is 15.4 Å². The molecule has 2 rings (SSSR count). The highest BCUT2D eigenvalue weighted by Crippen LogP contribution is 2.19. The van der Waals surface area contributed by atoms with Crippen LogP contribution in [0, 0.1) is 15.9 Å². The lowest BCUT2D eigenvalue weighted by atomic mass is 10.1. The van der Waals surface area contributed by atoms with Crippen molar-refractivity contribution in [3.05, 3.63) is 69.0 Å². The van der Waals surface area contributed by atoms with E-state index in [1.807, 2.05) is 0 Å². The number of esters is 1. The number of amides is 2. The molecular formula is C20H19ClFN3O6S. The molecule has 0 spiro atoms. The van der Waals surface area contributed by atoms with Crippen LogP contribution in [0.4, 0.5) is 15.8 Å². The predicted molar refractivity (Wildman–Crippen MR) is 118 cm³/mol. The fraction of sp³-hybridized carbons (Fsp3) is 0.250. The van der Waals surface area contributed by atoms with Gasteiger partial charge in [0.2, 0.25) is 0 Å². The lowest BCUT2D eigenvalue weighted by Gasteiger charge is -2.17. The summed E-state index contributed by atoms with van der Waals surface area (Å²) in [6, 6.07) is 7.53. The van der Waals surface area contributed by atoms with Gasteiger partial charge in [-0.1, -0.05) is 17.7 Å². The van der Waals surface area contributed by atoms with Crippen molar-refractivity contribution in [3.8, 4) is 0 Å². The van der Waals surface area contributed by atoms with E-state index in [-0.39, 0.29) is 28.4 Å². The molecule has 0 aliphatic heterocycles. The molecule has 0 aliphatic carbocycles. The Morgan fingerprint density at radius 1 is 1.25 bits per heavy atom. The molecule has 2 aromatic rings. The lowest BCUT2D eigenvalue weighted by Crippen LogP contribution is -2.43. The van der Waals surface area contributed by atoms with Gasteiger partial charge in [-0.15, -0.1) is 0 Å². The number of nitro groups is 1. The molecule has 0 heterocycles. The van der Waals surface area contributed by atoms with Crippen LogP contribution in [0.2, 0.25) is 5.02 Å². The van der Waals surface area contributed by atoms with Crippen LogP contribution in [0.25, 0.3) is 0 Å². The number of anilines is 1. The first-order chi connectivity index (χ1) is 15.2. The zero-order valence-electron chi connectivity index (χ0n) is 16.8. The number of hydrogen-bond acceptors (Lipinski definition) is 7. The van der Waals surface area contributed by atoms with Crippen LogP contribution in [-0.4, -0.2) is 47.4 Å². The zero-order chi connectivity index (χ0) is 23.7. The highest BCUT2D eigenvalue weighted by Gasteiger charge is 2.24. The molecule has 12 heteroatoms. The lowest BCUT2D eigenvalue weighted by molar-refractivity contribution is -0.384. The Morgan fingerprint density at radius 2 is 2.00 bits per heavy atom. The van der Waals surface area contributed by atoms with E-state index in [0.717, 1.165) is 12.1 Å². The van der Waals surface area contributed by atoms with E-state index >= 15 is 0 Å². The van der Waals surface area contributed by atoms with Crippen molar-refractivity contribution in [2.75, 3.05) is 23.9 Å². The summed E-state index contributed by atoms with van der Waals surface area (Å²) in [4.78, 5) is 47.2. The van der Waals surface area contributed by atoms with Crippen molar-refractivity contribution in [1.29, 1.82) is 0 Å². The van der Waals surface area contributed by atoms with Crippen LogP contribution in [0.3, 0.4) is 0 Å². The molecular weight excluding hydrogens is 465 g/mol. The Kier molecular flexibility index (Phi) is 9.41. The molecule has 1 unspecified atom stereocenters. The number of thioether (sulfide) groups is 1. The molecule has 1 atom stereocenters. The molecule has 2 amide bonds. The molecule has 32 heavy (non-hydrogen) atoms. The predicted octanol–water partition coefficient (Wildman–Crippen LogP) is 3.42. The molecule has 0 saturated heterocycles. The van der Waals surface area contributed by atoms with Gasteiger partial charge in [-0.25, -0.2) is 9.18 Å². The van der Waals surface area contributed by atoms with Gasteiger partial charge in [-0.3, -0.25) is 19.7 Å². The molecule has 0 fully saturated rings. The SMILES string of the molecule is CSCCC(NC(=O)c1cccc([N+](=O)[O-])c1)C(=O)OCC(=O)Nc1cc(Cl)ccc1F. The van der Waals surface area contributed by atoms with Gasteiger partial charge in [0.05, 0.1) is 10.6 Å². The van der Waals surface area contributed by atoms with Crippen molar-refractivity contribution >= 4 is 52.5 Å².